The van der Waals surface area contributed by atoms with Crippen LogP contribution in [0.3, 0.4) is 0 Å². The number of amides is 3. The molecule has 4 aliphatic heterocycles. The van der Waals surface area contributed by atoms with E-state index in [1.807, 2.05) is 12.1 Å². The summed E-state index contributed by atoms with van der Waals surface area (Å²) < 4.78 is 142. The van der Waals surface area contributed by atoms with E-state index in [9.17, 15) is 114 Å². The molecule has 1 saturated carbocycles. The number of nitrogens with one attached hydrogen (secondary N) is 1. The van der Waals surface area contributed by atoms with E-state index >= 15 is 0 Å². The van der Waals surface area contributed by atoms with Crippen LogP contribution < -0.4 is 112 Å². The Bertz CT molecular complexity index is 6780. The van der Waals surface area contributed by atoms with E-state index in [-0.39, 0.29) is 136 Å². The number of carboxylic acid groups (broad SMARTS) is 7. The SMILES string of the molecule is CC(C)([NH3+])C(=O)N1CCC(c2ccn(S(N)(=O)=O)c2C(=O)O)CC1.NS(=O)(=O)c1ccn(CC2CC2)c1C(=O)O.NS(=O)(=O)n1ccc(-c2ccc(C(=O)NCC[NH3+])cc2)c1C(=O)O.NS(=O)(=O)n1ccc(-c2ccc(C(=O)[O-])cc2)c1C(=O)O.NS(=O)(=O)n1ccc(-c2ccc(C3CC[NH2+]CC3)cc2)c1C1=NN=NC1.NS(=O)(=O)n1ccc(C2CCN(C(=O)CO)CC2)c1C(=O)O.O=CO.[Cl-].[Cl-].[Na+]. The number of nitrogens with two attached hydrogens (primary N) is 7. The van der Waals surface area contributed by atoms with E-state index in [2.05, 4.69) is 49.7 Å². The normalized spacial score (nSPS) is 14.6. The van der Waals surface area contributed by atoms with Crippen LogP contribution in [0.25, 0.3) is 33.4 Å². The molecule has 752 valence electrons. The predicted octanol–water partition coefficient (Wildman–Crippen LogP) is -12.2. The maximum Gasteiger partial charge on any atom is 1.00 e. The van der Waals surface area contributed by atoms with Crippen LogP contribution in [0.4, 0.5) is 0 Å². The molecule has 0 spiro atoms. The van der Waals surface area contributed by atoms with Crippen molar-refractivity contribution in [1.29, 1.82) is 0 Å². The summed E-state index contributed by atoms with van der Waals surface area (Å²) in [6.45, 7) is 8.51. The number of likely N-dealkylation sites (tertiary alicyclic amines) is 2. The van der Waals surface area contributed by atoms with Gasteiger partial charge in [-0.05, 0) is 169 Å². The molecule has 9 aromatic rings. The fourth-order valence-corrected chi connectivity index (χ4v) is 19.2. The van der Waals surface area contributed by atoms with Crippen LogP contribution in [0.2, 0.25) is 0 Å². The third kappa shape index (κ3) is 31.1. The zero-order valence-corrected chi connectivity index (χ0v) is 82.7. The summed E-state index contributed by atoms with van der Waals surface area (Å²) in [6, 6.07) is 28.1. The van der Waals surface area contributed by atoms with Crippen molar-refractivity contribution in [3.8, 4) is 33.4 Å². The number of aliphatic hydroxyl groups excluding tert-OH is 1. The van der Waals surface area contributed by atoms with E-state index in [1.54, 1.807) is 24.8 Å². The number of aromatic nitrogens is 6. The molecule has 3 amide bonds. The van der Waals surface area contributed by atoms with Gasteiger partial charge in [0.15, 0.2) is 16.9 Å². The quantitative estimate of drug-likeness (QED) is 0.0177. The minimum atomic E-state index is -4.26. The largest absolute Gasteiger partial charge is 1.00 e. The van der Waals surface area contributed by atoms with Gasteiger partial charge in [0.1, 0.15) is 40.8 Å². The Morgan fingerprint density at radius 1 is 0.504 bits per heavy atom. The molecule has 1 aliphatic carbocycles. The number of piperidine rings is 3. The van der Waals surface area contributed by atoms with Crippen LogP contribution >= 0.6 is 0 Å². The van der Waals surface area contributed by atoms with Crippen LogP contribution in [0.1, 0.15) is 179 Å². The van der Waals surface area contributed by atoms with Gasteiger partial charge in [0.25, 0.3) is 18.3 Å². The van der Waals surface area contributed by atoms with E-state index in [0.717, 1.165) is 52.7 Å². The van der Waals surface area contributed by atoms with E-state index in [1.165, 1.54) is 132 Å². The van der Waals surface area contributed by atoms with Gasteiger partial charge < -0.3 is 107 Å². The average Bonchev–Trinajstić information content (AvgIpc) is 1.56. The fourth-order valence-electron chi connectivity index (χ4n) is 15.1. The molecule has 5 aliphatic rings. The summed E-state index contributed by atoms with van der Waals surface area (Å²) in [4.78, 5) is 114. The van der Waals surface area contributed by atoms with Crippen molar-refractivity contribution in [2.75, 3.05) is 65.5 Å². The van der Waals surface area contributed by atoms with Crippen molar-refractivity contribution in [3.05, 3.63) is 208 Å². The van der Waals surface area contributed by atoms with Crippen molar-refractivity contribution in [2.24, 2.45) is 52.2 Å². The molecule has 51 nitrogen and oxygen atoms in total. The Kier molecular flexibility index (Phi) is 42.2. The van der Waals surface area contributed by atoms with Gasteiger partial charge in [-0.3, -0.25) is 19.2 Å². The smallest absolute Gasteiger partial charge is 1.00 e. The number of quaternary nitrogens is 3. The number of aliphatic hydroxyl groups is 1. The van der Waals surface area contributed by atoms with E-state index in [4.69, 9.17) is 56.1 Å². The third-order valence-corrected chi connectivity index (χ3v) is 26.7. The Hall–Kier alpha value is -11.8. The summed E-state index contributed by atoms with van der Waals surface area (Å²) in [5.74, 6) is -8.24. The summed E-state index contributed by atoms with van der Waals surface area (Å²) in [5, 5.41) is 119. The molecule has 4 fully saturated rings. The number of hydrogen-bond acceptors (Lipinski definition) is 27. The van der Waals surface area contributed by atoms with Gasteiger partial charge in [0.2, 0.25) is 15.9 Å². The van der Waals surface area contributed by atoms with Crippen molar-refractivity contribution in [1.82, 2.24) is 39.5 Å². The number of sulfonamides is 1. The average molecular weight is 2110 g/mol. The van der Waals surface area contributed by atoms with E-state index in [0.29, 0.717) is 138 Å². The van der Waals surface area contributed by atoms with Gasteiger partial charge in [0.05, 0.1) is 37.8 Å². The topological polar surface area (TPSA) is 853 Å². The van der Waals surface area contributed by atoms with Crippen LogP contribution in [-0.4, -0.2) is 257 Å². The Labute approximate surface area is 829 Å². The summed E-state index contributed by atoms with van der Waals surface area (Å²) in [7, 11) is -24.8. The first-order valence-corrected chi connectivity index (χ1v) is 49.6. The van der Waals surface area contributed by atoms with Gasteiger partial charge in [0, 0.05) is 105 Å². The first kappa shape index (κ1) is 118. The number of aromatic carboxylic acids is 6. The van der Waals surface area contributed by atoms with Crippen LogP contribution in [0, 0.1) is 5.92 Å². The van der Waals surface area contributed by atoms with Crippen molar-refractivity contribution < 1.29 is 210 Å². The van der Waals surface area contributed by atoms with Gasteiger partial charge in [-0.15, -0.1) is 5.10 Å². The van der Waals surface area contributed by atoms with Crippen molar-refractivity contribution >= 4 is 127 Å². The molecule has 0 radical (unpaired) electrons. The zero-order chi connectivity index (χ0) is 101. The number of halogens is 2. The fraction of sp³-hybridized carbons (Fsp3) is 0.329. The van der Waals surface area contributed by atoms with E-state index < -0.39 is 120 Å². The second-order valence-electron chi connectivity index (χ2n) is 31.5. The van der Waals surface area contributed by atoms with Crippen LogP contribution in [-0.2, 0) is 82.0 Å². The summed E-state index contributed by atoms with van der Waals surface area (Å²) >= 11 is 0. The molecule has 0 bridgehead atoms. The van der Waals surface area contributed by atoms with Gasteiger partial charge in [-0.2, -0.15) is 47.2 Å². The molecule has 0 atom stereocenters. The van der Waals surface area contributed by atoms with Gasteiger partial charge in [-0.25, -0.2) is 83.1 Å². The number of hydrogen-bond donors (Lipinski definition) is 17. The minimum Gasteiger partial charge on any atom is -1.00 e. The third-order valence-electron chi connectivity index (χ3n) is 21.5. The molecule has 14 rings (SSSR count). The van der Waals surface area contributed by atoms with Gasteiger partial charge in [-0.1, -0.05) is 60.7 Å². The number of carbonyl (C=O) groups is 10. The number of carboxylic acids is 6. The summed E-state index contributed by atoms with van der Waals surface area (Å²) in [5.41, 5.74) is 10.9. The van der Waals surface area contributed by atoms with Crippen molar-refractivity contribution in [2.45, 2.75) is 99.9 Å². The van der Waals surface area contributed by atoms with Crippen LogP contribution in [0.15, 0.2) is 167 Å². The molecule has 3 saturated heterocycles. The second kappa shape index (κ2) is 49.8. The molecular weight excluding hydrogens is 2010 g/mol. The number of primary sulfonamides is 1. The first-order chi connectivity index (χ1) is 63.5. The maximum atomic E-state index is 12.2. The molecule has 139 heavy (non-hydrogen) atoms. The first-order valence-electron chi connectivity index (χ1n) is 40.6. The Morgan fingerprint density at radius 2 is 0.878 bits per heavy atom. The number of benzene rings is 3. The van der Waals surface area contributed by atoms with Gasteiger partial charge >= 0.3 is 110 Å². The summed E-state index contributed by atoms with van der Waals surface area (Å²) in [6.07, 6.45) is 13.8. The minimum absolute atomic E-state index is 0. The Morgan fingerprint density at radius 3 is 1.24 bits per heavy atom. The Balaban J connectivity index is 0.000000293. The number of carbonyl (C=O) groups excluding carboxylic acids is 4. The number of rotatable bonds is 26. The monoisotopic (exact) mass is 2110 g/mol. The maximum absolute atomic E-state index is 12.2. The predicted molar refractivity (Wildman–Crippen MR) is 478 cm³/mol. The molecular formula is C79H101Cl2N21NaO30S6+. The molecule has 0 unspecified atom stereocenters. The molecule has 60 heteroatoms. The molecule has 6 aromatic heterocycles. The zero-order valence-electron chi connectivity index (χ0n) is 74.3. The molecule has 3 aromatic carbocycles. The molecule has 28 N–H and O–H groups in total. The standard InChI is InChI=1S/C17H20N6O2S.C14H22N4O5S.C14H16N4O5S.C12H17N3O6S.C12H10N2O6S.C9H12N2O4S.CH2O2.2ClH.Na/c18-26(24,25)23-10-7-15(17(23)16-11-20-22-21-16)14-3-1-12(2-4-14)13-5-8-19-9-6-13;1-14(2,15)13(21)17-6-3-9(4-7-17)10-5-8-18(24(16,22)23)11(10)12(19)20;15-6-7-17-13(19)10-3-1-9(2-4-10)11-5-8-18(24(16,22)23)12(11)14(20)21;13-22(20,21)15-6-3-9(11(15)12(18)19)8-1-4-14(5-2-8)10(17)7-16;13-21(19,20)14-6-5-9(10(14)12(17)18)7-1-3-8(4-2-7)11(15)16;10-16(14,15)7-3-4-11(5-6-1-2-6)8(7)9(12)13;2-1-3;;;/h1-4,7,10,13,19H,5-6,8-9,11H2,(H2,18,24,25);5,8-9H,3-4,6-7,15H2,1-2H3,(H,19,20)(H2,16,22,23);1-5,8H,6-7,15H2,(H,17,19)(H,20,21)(H2,16,22,23);3,6,8,16H,1-2,4-5,7H2,(H,18,19)(H2,13,20,21);1-6H,(H,15,16)(H,17,18)(H2,13,19,20);3-4,6H,1-2,5H2,(H,12,13)(H2,10,14,15);1H,(H,2,3);2*1H;/q;;;;;;;;;+1. The van der Waals surface area contributed by atoms with Crippen molar-refractivity contribution in [3.63, 3.8) is 0 Å². The number of nitrogens with zero attached hydrogens (tertiary/aromatic N) is 11. The van der Waals surface area contributed by atoms with Crippen LogP contribution in [0.5, 0.6) is 0 Å². The molecule has 10 heterocycles. The second-order valence-corrected chi connectivity index (χ2v) is 40.1.